The van der Waals surface area contributed by atoms with Gasteiger partial charge in [0.15, 0.2) is 0 Å². The topological polar surface area (TPSA) is 120 Å². The van der Waals surface area contributed by atoms with Gasteiger partial charge in [0.05, 0.1) is 48.3 Å². The largest absolute Gasteiger partial charge is 0.377 e. The van der Waals surface area contributed by atoms with Crippen LogP contribution in [0.3, 0.4) is 0 Å². The maximum absolute atomic E-state index is 12.9. The Balaban J connectivity index is 1.30. The molecule has 2 heterocycles. The summed E-state index contributed by atoms with van der Waals surface area (Å²) in [7, 11) is 4.05. The molecule has 43 heavy (non-hydrogen) atoms. The number of piperidine rings is 2. The number of hydrogen-bond acceptors (Lipinski definition) is 9. The first-order chi connectivity index (χ1) is 20.8. The highest BCUT2D eigenvalue weighted by Crippen LogP contribution is 2.36. The van der Waals surface area contributed by atoms with Gasteiger partial charge < -0.3 is 40.4 Å². The molecule has 0 aromatic carbocycles. The first-order valence-electron chi connectivity index (χ1n) is 16.9. The Labute approximate surface area is 264 Å². The first-order valence-corrected chi connectivity index (χ1v) is 17.3. The van der Waals surface area contributed by atoms with E-state index in [1.165, 1.54) is 0 Å². The standard InChI is InChI=1S/C32H57ClN6O4/c1-5-41-24-11-9-23(35-19-24)20-43-29-12-10-22(14-26(29)33)37-32-21(17-34)18-36-27-16-30(42-6-2)28(15-25(27)32)38-31(40)8-7-13-39(3)4/h21-30,32,35-37H,5-16,18-20H2,1-4H3,(H,38,40). The van der Waals surface area contributed by atoms with E-state index in [-0.39, 0.29) is 59.5 Å². The summed E-state index contributed by atoms with van der Waals surface area (Å²) in [6.07, 6.45) is 8.13. The van der Waals surface area contributed by atoms with E-state index in [0.29, 0.717) is 38.3 Å². The molecule has 2 saturated heterocycles. The zero-order valence-electron chi connectivity index (χ0n) is 26.9. The van der Waals surface area contributed by atoms with E-state index >= 15 is 0 Å². The van der Waals surface area contributed by atoms with Crippen molar-refractivity contribution in [2.75, 3.05) is 53.6 Å². The number of alkyl halides is 1. The Hall–Kier alpha value is -1.03. The zero-order chi connectivity index (χ0) is 30.8. The van der Waals surface area contributed by atoms with Crippen molar-refractivity contribution in [3.63, 3.8) is 0 Å². The lowest BCUT2D eigenvalue weighted by Gasteiger charge is -2.50. The SMILES string of the molecule is CCOC1CCC(COC2CCC(NC3C(C#N)CNC4CC(OCC)C(NC(=O)CCCN(C)C)CC43)CC2Cl)NC1. The van der Waals surface area contributed by atoms with Crippen molar-refractivity contribution in [2.45, 2.75) is 126 Å². The third-order valence-electron chi connectivity index (χ3n) is 9.90. The van der Waals surface area contributed by atoms with Crippen LogP contribution in [0.2, 0.25) is 0 Å². The van der Waals surface area contributed by atoms with Crippen molar-refractivity contribution >= 4 is 17.5 Å². The number of nitriles is 1. The molecule has 0 bridgehead atoms. The Morgan fingerprint density at radius 1 is 1.00 bits per heavy atom. The van der Waals surface area contributed by atoms with Gasteiger partial charge in [0, 0.05) is 56.9 Å². The molecule has 2 aliphatic heterocycles. The third-order valence-corrected chi connectivity index (χ3v) is 10.4. The number of ether oxygens (including phenoxy) is 3. The van der Waals surface area contributed by atoms with E-state index in [1.54, 1.807) is 0 Å². The first kappa shape index (κ1) is 34.8. The summed E-state index contributed by atoms with van der Waals surface area (Å²) in [4.78, 5) is 15.0. The molecule has 0 aromatic rings. The van der Waals surface area contributed by atoms with E-state index in [0.717, 1.165) is 71.1 Å². The average Bonchev–Trinajstić information content (AvgIpc) is 2.98. The molecule has 10 nitrogen and oxygen atoms in total. The van der Waals surface area contributed by atoms with Crippen molar-refractivity contribution < 1.29 is 19.0 Å². The van der Waals surface area contributed by atoms with Crippen LogP contribution in [0.5, 0.6) is 0 Å². The molecule has 2 saturated carbocycles. The Kier molecular flexibility index (Phi) is 14.3. The van der Waals surface area contributed by atoms with E-state index in [4.69, 9.17) is 25.8 Å². The van der Waals surface area contributed by atoms with Crippen LogP contribution < -0.4 is 21.3 Å². The predicted octanol–water partition coefficient (Wildman–Crippen LogP) is 2.40. The van der Waals surface area contributed by atoms with Gasteiger partial charge in [-0.05, 0) is 91.8 Å². The zero-order valence-corrected chi connectivity index (χ0v) is 27.6. The van der Waals surface area contributed by atoms with E-state index in [1.807, 2.05) is 27.9 Å². The van der Waals surface area contributed by atoms with Crippen molar-refractivity contribution in [3.8, 4) is 6.07 Å². The van der Waals surface area contributed by atoms with Crippen molar-refractivity contribution in [1.82, 2.24) is 26.2 Å². The second kappa shape index (κ2) is 17.6. The number of nitrogens with zero attached hydrogens (tertiary/aromatic N) is 2. The fourth-order valence-electron chi connectivity index (χ4n) is 7.63. The Morgan fingerprint density at radius 2 is 1.81 bits per heavy atom. The van der Waals surface area contributed by atoms with Crippen LogP contribution in [0.1, 0.15) is 71.6 Å². The highest BCUT2D eigenvalue weighted by Gasteiger charge is 2.47. The van der Waals surface area contributed by atoms with Crippen molar-refractivity contribution in [2.24, 2.45) is 11.8 Å². The van der Waals surface area contributed by atoms with Gasteiger partial charge in [-0.2, -0.15) is 5.26 Å². The summed E-state index contributed by atoms with van der Waals surface area (Å²) in [6.45, 7) is 8.55. The van der Waals surface area contributed by atoms with Crippen molar-refractivity contribution in [3.05, 3.63) is 0 Å². The van der Waals surface area contributed by atoms with Crippen molar-refractivity contribution in [1.29, 1.82) is 5.26 Å². The molecule has 4 rings (SSSR count). The van der Waals surface area contributed by atoms with Crippen LogP contribution in [-0.2, 0) is 19.0 Å². The maximum atomic E-state index is 12.9. The minimum absolute atomic E-state index is 0.0284. The molecular formula is C32H57ClN6O4. The fourth-order valence-corrected chi connectivity index (χ4v) is 8.05. The lowest BCUT2D eigenvalue weighted by atomic mass is 9.69. The normalized spacial score (nSPS) is 38.3. The van der Waals surface area contributed by atoms with Gasteiger partial charge >= 0.3 is 0 Å². The van der Waals surface area contributed by atoms with Gasteiger partial charge in [0.25, 0.3) is 0 Å². The number of rotatable bonds is 14. The molecule has 2 aliphatic carbocycles. The molecule has 0 spiro atoms. The molecule has 246 valence electrons. The molecular weight excluding hydrogens is 568 g/mol. The number of fused-ring (bicyclic) bond motifs is 1. The van der Waals surface area contributed by atoms with Gasteiger partial charge in [-0.3, -0.25) is 4.79 Å². The summed E-state index contributed by atoms with van der Waals surface area (Å²) in [5, 5.41) is 24.5. The molecule has 4 fully saturated rings. The van der Waals surface area contributed by atoms with E-state index in [2.05, 4.69) is 32.2 Å². The molecule has 11 atom stereocenters. The smallest absolute Gasteiger partial charge is 0.220 e. The lowest BCUT2D eigenvalue weighted by Crippen LogP contribution is -2.66. The number of carbonyl (C=O) groups excluding carboxylic acids is 1. The molecule has 0 radical (unpaired) electrons. The van der Waals surface area contributed by atoms with Gasteiger partial charge in [0.2, 0.25) is 5.91 Å². The second-order valence-corrected chi connectivity index (χ2v) is 13.9. The van der Waals surface area contributed by atoms with Gasteiger partial charge in [-0.1, -0.05) is 0 Å². The maximum Gasteiger partial charge on any atom is 0.220 e. The summed E-state index contributed by atoms with van der Waals surface area (Å²) >= 11 is 6.93. The average molecular weight is 625 g/mol. The monoisotopic (exact) mass is 624 g/mol. The van der Waals surface area contributed by atoms with Crippen LogP contribution >= 0.6 is 11.6 Å². The van der Waals surface area contributed by atoms with Gasteiger partial charge in [-0.15, -0.1) is 11.6 Å². The number of hydrogen-bond donors (Lipinski definition) is 4. The van der Waals surface area contributed by atoms with E-state index < -0.39 is 0 Å². The van der Waals surface area contributed by atoms with Gasteiger partial charge in [-0.25, -0.2) is 0 Å². The van der Waals surface area contributed by atoms with Crippen LogP contribution in [-0.4, -0.2) is 118 Å². The molecule has 11 heteroatoms. The van der Waals surface area contributed by atoms with Crippen LogP contribution in [0.4, 0.5) is 0 Å². The molecule has 4 N–H and O–H groups in total. The highest BCUT2D eigenvalue weighted by atomic mass is 35.5. The van der Waals surface area contributed by atoms with E-state index in [9.17, 15) is 10.1 Å². The number of carbonyl (C=O) groups is 1. The van der Waals surface area contributed by atoms with Gasteiger partial charge in [0.1, 0.15) is 0 Å². The summed E-state index contributed by atoms with van der Waals surface area (Å²) < 4.78 is 18.2. The Bertz CT molecular complexity index is 884. The highest BCUT2D eigenvalue weighted by molar-refractivity contribution is 6.21. The number of halogens is 1. The minimum atomic E-state index is -0.137. The molecule has 11 unspecified atom stereocenters. The Morgan fingerprint density at radius 3 is 2.49 bits per heavy atom. The fraction of sp³-hybridized carbons (Fsp3) is 0.938. The number of nitrogens with one attached hydrogen (secondary N) is 4. The molecule has 1 amide bonds. The van der Waals surface area contributed by atoms with Crippen LogP contribution in [0, 0.1) is 23.2 Å². The summed E-state index contributed by atoms with van der Waals surface area (Å²) in [5.74, 6) is 0.172. The third kappa shape index (κ3) is 10.2. The summed E-state index contributed by atoms with van der Waals surface area (Å²) in [6, 6.07) is 3.40. The quantitative estimate of drug-likeness (QED) is 0.216. The minimum Gasteiger partial charge on any atom is -0.377 e. The number of amides is 1. The molecule has 4 aliphatic rings. The summed E-state index contributed by atoms with van der Waals surface area (Å²) in [5.41, 5.74) is 0. The molecule has 0 aromatic heterocycles. The predicted molar refractivity (Wildman–Crippen MR) is 169 cm³/mol. The lowest BCUT2D eigenvalue weighted by molar-refractivity contribution is -0.124. The van der Waals surface area contributed by atoms with Crippen LogP contribution in [0.15, 0.2) is 0 Å². The van der Waals surface area contributed by atoms with Crippen LogP contribution in [0.25, 0.3) is 0 Å². The second-order valence-electron chi connectivity index (χ2n) is 13.3.